The monoisotopic (exact) mass is 230 g/mol. The number of carboxylic acids is 1. The first-order valence-corrected chi connectivity index (χ1v) is 4.18. The Kier molecular flexibility index (Phi) is 2.11. The second-order valence-electron chi connectivity index (χ2n) is 3.09. The van der Waals surface area contributed by atoms with E-state index in [0.717, 1.165) is 0 Å². The lowest BCUT2D eigenvalue weighted by Crippen LogP contribution is -2.13. The number of halogens is 3. The van der Waals surface area contributed by atoms with Crippen LogP contribution in [0.2, 0.25) is 0 Å². The van der Waals surface area contributed by atoms with Crippen LogP contribution in [-0.4, -0.2) is 21.0 Å². The molecule has 4 nitrogen and oxygen atoms in total. The molecule has 7 heteroatoms. The molecule has 0 spiro atoms. The number of carboxylic acid groups (broad SMARTS) is 1. The van der Waals surface area contributed by atoms with E-state index in [4.69, 9.17) is 5.11 Å². The van der Waals surface area contributed by atoms with Gasteiger partial charge in [-0.05, 0) is 6.07 Å². The number of hydrogen-bond acceptors (Lipinski definition) is 2. The minimum Gasteiger partial charge on any atom is -0.478 e. The lowest BCUT2D eigenvalue weighted by molar-refractivity contribution is -0.138. The summed E-state index contributed by atoms with van der Waals surface area (Å²) in [5, 5.41) is 8.75. The molecule has 0 aliphatic carbocycles. The summed E-state index contributed by atoms with van der Waals surface area (Å²) in [6.45, 7) is 0. The molecule has 2 aromatic heterocycles. The number of aromatic nitrogens is 2. The Morgan fingerprint density at radius 1 is 1.44 bits per heavy atom. The fraction of sp³-hybridized carbons (Fsp3) is 0.111. The van der Waals surface area contributed by atoms with Crippen LogP contribution in [0.4, 0.5) is 13.2 Å². The standard InChI is InChI=1S/C9H5F3N2O2/c10-9(11,12)5-3-14-7-4(1-2-13-7)6(5)8(15)16/h1-3H,(H,13,14)(H,15,16). The molecule has 0 aliphatic heterocycles. The third-order valence-electron chi connectivity index (χ3n) is 2.11. The Labute approximate surface area is 86.7 Å². The van der Waals surface area contributed by atoms with Crippen molar-refractivity contribution < 1.29 is 23.1 Å². The number of fused-ring (bicyclic) bond motifs is 1. The van der Waals surface area contributed by atoms with E-state index in [1.165, 1.54) is 12.3 Å². The van der Waals surface area contributed by atoms with Crippen molar-refractivity contribution in [1.82, 2.24) is 9.97 Å². The van der Waals surface area contributed by atoms with Crippen LogP contribution in [0.5, 0.6) is 0 Å². The van der Waals surface area contributed by atoms with Gasteiger partial charge in [-0.15, -0.1) is 0 Å². The number of carbonyl (C=O) groups is 1. The van der Waals surface area contributed by atoms with Crippen LogP contribution in [0.3, 0.4) is 0 Å². The first-order valence-electron chi connectivity index (χ1n) is 4.18. The molecular weight excluding hydrogens is 225 g/mol. The van der Waals surface area contributed by atoms with Crippen LogP contribution >= 0.6 is 0 Å². The fourth-order valence-electron chi connectivity index (χ4n) is 1.45. The number of aromatic amines is 1. The maximum atomic E-state index is 12.5. The van der Waals surface area contributed by atoms with E-state index in [0.29, 0.717) is 6.20 Å². The van der Waals surface area contributed by atoms with E-state index < -0.39 is 23.3 Å². The topological polar surface area (TPSA) is 66.0 Å². The Morgan fingerprint density at radius 2 is 2.12 bits per heavy atom. The van der Waals surface area contributed by atoms with Crippen molar-refractivity contribution in [1.29, 1.82) is 0 Å². The van der Waals surface area contributed by atoms with Gasteiger partial charge in [0.2, 0.25) is 0 Å². The molecule has 0 radical (unpaired) electrons. The molecule has 0 atom stereocenters. The molecule has 0 bridgehead atoms. The Balaban J connectivity index is 2.84. The number of H-pyrrole nitrogens is 1. The zero-order valence-electron chi connectivity index (χ0n) is 7.67. The summed E-state index contributed by atoms with van der Waals surface area (Å²) in [4.78, 5) is 16.9. The number of alkyl halides is 3. The molecule has 0 aliphatic rings. The number of pyridine rings is 1. The van der Waals surface area contributed by atoms with Gasteiger partial charge in [-0.2, -0.15) is 13.2 Å². The van der Waals surface area contributed by atoms with Gasteiger partial charge in [-0.3, -0.25) is 0 Å². The fourth-order valence-corrected chi connectivity index (χ4v) is 1.45. The summed E-state index contributed by atoms with van der Waals surface area (Å²) in [6.07, 6.45) is -2.88. The third kappa shape index (κ3) is 1.50. The summed E-state index contributed by atoms with van der Waals surface area (Å²) in [7, 11) is 0. The summed E-state index contributed by atoms with van der Waals surface area (Å²) in [6, 6.07) is 1.25. The lowest BCUT2D eigenvalue weighted by atomic mass is 10.1. The minimum absolute atomic E-state index is 0.0534. The van der Waals surface area contributed by atoms with Gasteiger partial charge < -0.3 is 10.1 Å². The number of rotatable bonds is 1. The smallest absolute Gasteiger partial charge is 0.418 e. The van der Waals surface area contributed by atoms with Crippen molar-refractivity contribution in [3.8, 4) is 0 Å². The number of aromatic carboxylic acids is 1. The van der Waals surface area contributed by atoms with Crippen molar-refractivity contribution in [3.05, 3.63) is 29.6 Å². The molecule has 2 rings (SSSR count). The second-order valence-corrected chi connectivity index (χ2v) is 3.09. The van der Waals surface area contributed by atoms with Crippen LogP contribution in [0, 0.1) is 0 Å². The Bertz CT molecular complexity index is 559. The molecule has 2 aromatic rings. The van der Waals surface area contributed by atoms with Gasteiger partial charge in [0.25, 0.3) is 0 Å². The lowest BCUT2D eigenvalue weighted by Gasteiger charge is -2.09. The number of hydrogen-bond donors (Lipinski definition) is 2. The van der Waals surface area contributed by atoms with Crippen molar-refractivity contribution in [2.24, 2.45) is 0 Å². The molecule has 0 unspecified atom stereocenters. The molecule has 84 valence electrons. The molecular formula is C9H5F3N2O2. The second kappa shape index (κ2) is 3.22. The van der Waals surface area contributed by atoms with E-state index in [1.807, 2.05) is 0 Å². The highest BCUT2D eigenvalue weighted by atomic mass is 19.4. The predicted molar refractivity (Wildman–Crippen MR) is 48.1 cm³/mol. The molecule has 16 heavy (non-hydrogen) atoms. The highest BCUT2D eigenvalue weighted by Gasteiger charge is 2.37. The van der Waals surface area contributed by atoms with E-state index in [9.17, 15) is 18.0 Å². The number of nitrogens with one attached hydrogen (secondary N) is 1. The molecule has 0 aromatic carbocycles. The Morgan fingerprint density at radius 3 is 2.69 bits per heavy atom. The average Bonchev–Trinajstić information content (AvgIpc) is 2.61. The van der Waals surface area contributed by atoms with Crippen molar-refractivity contribution in [2.75, 3.05) is 0 Å². The van der Waals surface area contributed by atoms with Crippen molar-refractivity contribution >= 4 is 17.0 Å². The normalized spacial score (nSPS) is 11.9. The van der Waals surface area contributed by atoms with Crippen molar-refractivity contribution in [2.45, 2.75) is 6.18 Å². The van der Waals surface area contributed by atoms with Crippen molar-refractivity contribution in [3.63, 3.8) is 0 Å². The highest BCUT2D eigenvalue weighted by molar-refractivity contribution is 6.03. The van der Waals surface area contributed by atoms with Crippen LogP contribution in [0.1, 0.15) is 15.9 Å². The van der Waals surface area contributed by atoms with Crippen LogP contribution in [0.15, 0.2) is 18.5 Å². The first kappa shape index (κ1) is 10.5. The van der Waals surface area contributed by atoms with Crippen LogP contribution in [-0.2, 0) is 6.18 Å². The summed E-state index contributed by atoms with van der Waals surface area (Å²) in [5.74, 6) is -1.63. The average molecular weight is 230 g/mol. The summed E-state index contributed by atoms with van der Waals surface area (Å²) < 4.78 is 37.6. The van der Waals surface area contributed by atoms with E-state index in [1.54, 1.807) is 0 Å². The van der Waals surface area contributed by atoms with Crippen LogP contribution in [0.25, 0.3) is 11.0 Å². The van der Waals surface area contributed by atoms with Gasteiger partial charge in [-0.25, -0.2) is 9.78 Å². The molecule has 2 heterocycles. The van der Waals surface area contributed by atoms with Gasteiger partial charge in [0.15, 0.2) is 0 Å². The van der Waals surface area contributed by atoms with Crippen LogP contribution < -0.4 is 0 Å². The SMILES string of the molecule is O=C(O)c1c(C(F)(F)F)cnc2[nH]ccc12. The van der Waals surface area contributed by atoms with Gasteiger partial charge in [-0.1, -0.05) is 0 Å². The van der Waals surface area contributed by atoms with E-state index in [2.05, 4.69) is 9.97 Å². The highest BCUT2D eigenvalue weighted by Crippen LogP contribution is 2.34. The summed E-state index contributed by atoms with van der Waals surface area (Å²) >= 11 is 0. The zero-order valence-corrected chi connectivity index (χ0v) is 7.67. The van der Waals surface area contributed by atoms with E-state index >= 15 is 0 Å². The minimum atomic E-state index is -4.73. The zero-order chi connectivity index (χ0) is 11.9. The molecule has 0 saturated heterocycles. The third-order valence-corrected chi connectivity index (χ3v) is 2.11. The summed E-state index contributed by atoms with van der Waals surface area (Å²) in [5.41, 5.74) is -1.91. The first-order chi connectivity index (χ1) is 7.41. The van der Waals surface area contributed by atoms with Gasteiger partial charge in [0.1, 0.15) is 5.65 Å². The quantitative estimate of drug-likeness (QED) is 0.789. The van der Waals surface area contributed by atoms with Gasteiger partial charge >= 0.3 is 12.1 Å². The van der Waals surface area contributed by atoms with Gasteiger partial charge in [0, 0.05) is 17.8 Å². The number of nitrogens with zero attached hydrogens (tertiary/aromatic N) is 1. The maximum Gasteiger partial charge on any atom is 0.418 e. The van der Waals surface area contributed by atoms with Gasteiger partial charge in [0.05, 0.1) is 11.1 Å². The molecule has 0 saturated carbocycles. The molecule has 2 N–H and O–H groups in total. The maximum absolute atomic E-state index is 12.5. The largest absolute Gasteiger partial charge is 0.478 e. The predicted octanol–water partition coefficient (Wildman–Crippen LogP) is 2.28. The van der Waals surface area contributed by atoms with E-state index in [-0.39, 0.29) is 11.0 Å². The Hall–Kier alpha value is -2.05. The molecule has 0 amide bonds. The molecule has 0 fully saturated rings.